The van der Waals surface area contributed by atoms with Crippen LogP contribution in [0.1, 0.15) is 32.8 Å². The standard InChI is InChI=1S/C23H21N3O2/c1-4-23(2,3)22(27)28-21-11-9-19(10-12-21)25-26-20-8-7-17-13-16(15-24)5-6-18(17)14-20/h5-14H,4H2,1-3H3/b26-25+. The molecule has 0 atom stereocenters. The predicted molar refractivity (Wildman–Crippen MR) is 109 cm³/mol. The van der Waals surface area contributed by atoms with E-state index in [2.05, 4.69) is 16.3 Å². The Hall–Kier alpha value is -3.52. The molecule has 0 unspecified atom stereocenters. The number of nitriles is 1. The second-order valence-corrected chi connectivity index (χ2v) is 7.18. The molecule has 0 radical (unpaired) electrons. The maximum atomic E-state index is 12.1. The fraction of sp³-hybridized carbons (Fsp3) is 0.217. The van der Waals surface area contributed by atoms with Crippen LogP contribution in [0.15, 0.2) is 70.9 Å². The molecule has 5 nitrogen and oxygen atoms in total. The van der Waals surface area contributed by atoms with Gasteiger partial charge >= 0.3 is 5.97 Å². The van der Waals surface area contributed by atoms with E-state index in [4.69, 9.17) is 10.00 Å². The number of ether oxygens (including phenoxy) is 1. The Bertz CT molecular complexity index is 1080. The molecule has 0 saturated carbocycles. The van der Waals surface area contributed by atoms with Gasteiger partial charge in [-0.15, -0.1) is 0 Å². The smallest absolute Gasteiger partial charge is 0.316 e. The van der Waals surface area contributed by atoms with Crippen LogP contribution in [0.25, 0.3) is 10.8 Å². The second kappa shape index (κ2) is 8.01. The van der Waals surface area contributed by atoms with Crippen LogP contribution < -0.4 is 4.74 Å². The first kappa shape index (κ1) is 19.2. The highest BCUT2D eigenvalue weighted by molar-refractivity contribution is 5.86. The third-order valence-corrected chi connectivity index (χ3v) is 4.72. The van der Waals surface area contributed by atoms with Crippen LogP contribution in [0.3, 0.4) is 0 Å². The van der Waals surface area contributed by atoms with Gasteiger partial charge in [-0.2, -0.15) is 15.5 Å². The highest BCUT2D eigenvalue weighted by Crippen LogP contribution is 2.27. The lowest BCUT2D eigenvalue weighted by Gasteiger charge is -2.19. The number of carbonyl (C=O) groups is 1. The first-order valence-electron chi connectivity index (χ1n) is 9.09. The monoisotopic (exact) mass is 371 g/mol. The Balaban J connectivity index is 1.71. The zero-order valence-corrected chi connectivity index (χ0v) is 16.1. The van der Waals surface area contributed by atoms with Gasteiger partial charge in [-0.25, -0.2) is 0 Å². The van der Waals surface area contributed by atoms with Gasteiger partial charge in [0.15, 0.2) is 0 Å². The molecule has 3 rings (SSSR count). The van der Waals surface area contributed by atoms with Gasteiger partial charge in [0.2, 0.25) is 0 Å². The van der Waals surface area contributed by atoms with Crippen LogP contribution in [0.4, 0.5) is 11.4 Å². The van der Waals surface area contributed by atoms with Crippen LogP contribution in [-0.4, -0.2) is 5.97 Å². The number of esters is 1. The van der Waals surface area contributed by atoms with Gasteiger partial charge < -0.3 is 4.74 Å². The molecule has 0 bridgehead atoms. The lowest BCUT2D eigenvalue weighted by molar-refractivity contribution is -0.144. The van der Waals surface area contributed by atoms with Crippen molar-refractivity contribution in [2.75, 3.05) is 0 Å². The summed E-state index contributed by atoms with van der Waals surface area (Å²) in [4.78, 5) is 12.1. The average Bonchev–Trinajstić information content (AvgIpc) is 2.72. The molecule has 140 valence electrons. The number of fused-ring (bicyclic) bond motifs is 1. The van der Waals surface area contributed by atoms with Crippen LogP contribution in [-0.2, 0) is 4.79 Å². The minimum Gasteiger partial charge on any atom is -0.426 e. The van der Waals surface area contributed by atoms with E-state index in [0.29, 0.717) is 23.4 Å². The summed E-state index contributed by atoms with van der Waals surface area (Å²) in [5, 5.41) is 19.5. The molecule has 0 N–H and O–H groups in total. The topological polar surface area (TPSA) is 74.8 Å². The van der Waals surface area contributed by atoms with Crippen molar-refractivity contribution >= 4 is 28.1 Å². The minimum absolute atomic E-state index is 0.250. The van der Waals surface area contributed by atoms with Crippen LogP contribution in [0, 0.1) is 16.7 Å². The van der Waals surface area contributed by atoms with E-state index < -0.39 is 5.41 Å². The Morgan fingerprint density at radius 3 is 2.25 bits per heavy atom. The molecule has 5 heteroatoms. The molecule has 3 aromatic rings. The van der Waals surface area contributed by atoms with Crippen LogP contribution in [0.2, 0.25) is 0 Å². The Kier molecular flexibility index (Phi) is 5.51. The largest absolute Gasteiger partial charge is 0.426 e. The van der Waals surface area contributed by atoms with Crippen molar-refractivity contribution in [3.8, 4) is 11.8 Å². The minimum atomic E-state index is -0.511. The molecule has 3 aromatic carbocycles. The summed E-state index contributed by atoms with van der Waals surface area (Å²) in [7, 11) is 0. The van der Waals surface area contributed by atoms with E-state index in [1.54, 1.807) is 30.3 Å². The van der Waals surface area contributed by atoms with E-state index in [9.17, 15) is 4.79 Å². The number of hydrogen-bond donors (Lipinski definition) is 0. The van der Waals surface area contributed by atoms with Crippen molar-refractivity contribution in [2.24, 2.45) is 15.6 Å². The maximum Gasteiger partial charge on any atom is 0.316 e. The molecule has 0 aliphatic heterocycles. The third kappa shape index (κ3) is 4.41. The summed E-state index contributed by atoms with van der Waals surface area (Å²) in [5.41, 5.74) is 1.50. The quantitative estimate of drug-likeness (QED) is 0.293. The number of hydrogen-bond acceptors (Lipinski definition) is 5. The Morgan fingerprint density at radius 2 is 1.57 bits per heavy atom. The molecule has 0 aliphatic rings. The molecular weight excluding hydrogens is 350 g/mol. The van der Waals surface area contributed by atoms with E-state index in [0.717, 1.165) is 16.5 Å². The number of azo groups is 1. The van der Waals surface area contributed by atoms with E-state index in [1.807, 2.05) is 51.1 Å². The van der Waals surface area contributed by atoms with Crippen molar-refractivity contribution < 1.29 is 9.53 Å². The number of rotatable bonds is 5. The van der Waals surface area contributed by atoms with Gasteiger partial charge in [0.05, 0.1) is 28.4 Å². The molecule has 0 amide bonds. The van der Waals surface area contributed by atoms with Gasteiger partial charge in [0, 0.05) is 0 Å². The maximum absolute atomic E-state index is 12.1. The third-order valence-electron chi connectivity index (χ3n) is 4.72. The summed E-state index contributed by atoms with van der Waals surface area (Å²) in [6, 6.07) is 20.3. The summed E-state index contributed by atoms with van der Waals surface area (Å²) in [6.07, 6.45) is 0.710. The van der Waals surface area contributed by atoms with Crippen molar-refractivity contribution in [3.63, 3.8) is 0 Å². The first-order valence-corrected chi connectivity index (χ1v) is 9.09. The average molecular weight is 371 g/mol. The fourth-order valence-electron chi connectivity index (χ4n) is 2.45. The molecule has 0 spiro atoms. The SMILES string of the molecule is CCC(C)(C)C(=O)Oc1ccc(/N=N/c2ccc3cc(C#N)ccc3c2)cc1. The zero-order chi connectivity index (χ0) is 20.1. The molecule has 0 aliphatic carbocycles. The van der Waals surface area contributed by atoms with Gasteiger partial charge in [-0.3, -0.25) is 4.79 Å². The van der Waals surface area contributed by atoms with Gasteiger partial charge in [-0.05, 0) is 79.6 Å². The Labute approximate surface area is 164 Å². The molecule has 0 aromatic heterocycles. The highest BCUT2D eigenvalue weighted by atomic mass is 16.5. The lowest BCUT2D eigenvalue weighted by Crippen LogP contribution is -2.28. The molecule has 28 heavy (non-hydrogen) atoms. The van der Waals surface area contributed by atoms with Crippen molar-refractivity contribution in [2.45, 2.75) is 27.2 Å². The Morgan fingerprint density at radius 1 is 0.964 bits per heavy atom. The highest BCUT2D eigenvalue weighted by Gasteiger charge is 2.27. The van der Waals surface area contributed by atoms with Crippen LogP contribution >= 0.6 is 0 Å². The van der Waals surface area contributed by atoms with E-state index >= 15 is 0 Å². The predicted octanol–water partition coefficient (Wildman–Crippen LogP) is 6.47. The number of benzene rings is 3. The molecule has 0 saturated heterocycles. The van der Waals surface area contributed by atoms with Crippen molar-refractivity contribution in [1.29, 1.82) is 5.26 Å². The van der Waals surface area contributed by atoms with Gasteiger partial charge in [0.25, 0.3) is 0 Å². The summed E-state index contributed by atoms with van der Waals surface area (Å²) in [5.74, 6) is 0.240. The summed E-state index contributed by atoms with van der Waals surface area (Å²) < 4.78 is 5.42. The number of nitrogens with zero attached hydrogens (tertiary/aromatic N) is 3. The molecule has 0 fully saturated rings. The van der Waals surface area contributed by atoms with E-state index in [-0.39, 0.29) is 5.97 Å². The zero-order valence-electron chi connectivity index (χ0n) is 16.1. The van der Waals surface area contributed by atoms with Gasteiger partial charge in [0.1, 0.15) is 5.75 Å². The van der Waals surface area contributed by atoms with E-state index in [1.165, 1.54) is 0 Å². The first-order chi connectivity index (χ1) is 13.4. The van der Waals surface area contributed by atoms with Crippen LogP contribution in [0.5, 0.6) is 5.75 Å². The number of carbonyl (C=O) groups excluding carboxylic acids is 1. The second-order valence-electron chi connectivity index (χ2n) is 7.18. The lowest BCUT2D eigenvalue weighted by atomic mass is 9.91. The summed E-state index contributed by atoms with van der Waals surface area (Å²) in [6.45, 7) is 5.69. The normalized spacial score (nSPS) is 11.5. The van der Waals surface area contributed by atoms with Crippen molar-refractivity contribution in [3.05, 3.63) is 66.2 Å². The molecule has 0 heterocycles. The van der Waals surface area contributed by atoms with Gasteiger partial charge in [-0.1, -0.05) is 19.1 Å². The fourth-order valence-corrected chi connectivity index (χ4v) is 2.45. The summed E-state index contributed by atoms with van der Waals surface area (Å²) >= 11 is 0. The van der Waals surface area contributed by atoms with Crippen molar-refractivity contribution in [1.82, 2.24) is 0 Å². The molecular formula is C23H21N3O2.